The van der Waals surface area contributed by atoms with Crippen molar-refractivity contribution < 1.29 is 28.6 Å². The van der Waals surface area contributed by atoms with Crippen molar-refractivity contribution in [2.75, 3.05) is 13.2 Å². The molecule has 0 spiro atoms. The third-order valence-corrected chi connectivity index (χ3v) is 11.2. The molecule has 0 rings (SSSR count). The molecule has 0 amide bonds. The highest BCUT2D eigenvalue weighted by Gasteiger charge is 2.19. The molecule has 1 atom stereocenters. The molecule has 6 heteroatoms. The molecule has 0 bridgehead atoms. The van der Waals surface area contributed by atoms with E-state index in [4.69, 9.17) is 14.2 Å². The number of hydrogen-bond donors (Lipinski definition) is 0. The van der Waals surface area contributed by atoms with Crippen molar-refractivity contribution in [2.45, 2.75) is 277 Å². The second-order valence-corrected chi connectivity index (χ2v) is 17.1. The Hall–Kier alpha value is -2.11. The molecule has 0 radical (unpaired) electrons. The zero-order chi connectivity index (χ0) is 42.3. The molecule has 0 saturated carbocycles. The smallest absolute Gasteiger partial charge is 0.306 e. The summed E-state index contributed by atoms with van der Waals surface area (Å²) >= 11 is 0. The Morgan fingerprint density at radius 2 is 0.586 bits per heavy atom. The zero-order valence-corrected chi connectivity index (χ0v) is 38.8. The van der Waals surface area contributed by atoms with Crippen molar-refractivity contribution in [2.24, 2.45) is 0 Å². The van der Waals surface area contributed by atoms with Crippen LogP contribution in [0.25, 0.3) is 0 Å². The average molecular weight is 817 g/mol. The molecule has 0 fully saturated rings. The number of ether oxygens (including phenoxy) is 3. The number of carbonyl (C=O) groups is 3. The van der Waals surface area contributed by atoms with Gasteiger partial charge in [-0.15, -0.1) is 0 Å². The highest BCUT2D eigenvalue weighted by atomic mass is 16.6. The van der Waals surface area contributed by atoms with Crippen LogP contribution in [0, 0.1) is 0 Å². The van der Waals surface area contributed by atoms with E-state index in [-0.39, 0.29) is 31.1 Å². The quantitative estimate of drug-likeness (QED) is 0.0263. The van der Waals surface area contributed by atoms with Crippen LogP contribution in [0.1, 0.15) is 271 Å². The van der Waals surface area contributed by atoms with E-state index in [1.54, 1.807) is 0 Å². The first kappa shape index (κ1) is 55.9. The summed E-state index contributed by atoms with van der Waals surface area (Å²) in [6, 6.07) is 0. The molecule has 0 saturated heterocycles. The summed E-state index contributed by atoms with van der Waals surface area (Å²) in [6.45, 7) is 6.57. The van der Waals surface area contributed by atoms with Gasteiger partial charge in [-0.05, 0) is 57.8 Å². The number of unbranched alkanes of at least 4 members (excludes halogenated alkanes) is 31. The van der Waals surface area contributed by atoms with Gasteiger partial charge in [-0.2, -0.15) is 0 Å². The minimum absolute atomic E-state index is 0.0738. The highest BCUT2D eigenvalue weighted by Crippen LogP contribution is 2.16. The molecule has 58 heavy (non-hydrogen) atoms. The molecule has 0 aliphatic rings. The van der Waals surface area contributed by atoms with Crippen LogP contribution in [0.15, 0.2) is 24.3 Å². The maximum Gasteiger partial charge on any atom is 0.306 e. The standard InChI is InChI=1S/C52H96O6/c1-4-7-10-13-16-19-22-23-24-25-26-27-28-31-33-36-39-42-45-51(54)57-48-49(58-52(55)46-43-40-37-34-30-21-18-15-12-9-6-3)47-56-50(53)44-41-38-35-32-29-20-17-14-11-8-5-2/h14-15,17-18,49H,4-13,16,19-48H2,1-3H3/b17-14-,18-15-. The van der Waals surface area contributed by atoms with Gasteiger partial charge in [0.05, 0.1) is 0 Å². The lowest BCUT2D eigenvalue weighted by atomic mass is 10.0. The van der Waals surface area contributed by atoms with Crippen molar-refractivity contribution in [1.82, 2.24) is 0 Å². The van der Waals surface area contributed by atoms with Crippen LogP contribution < -0.4 is 0 Å². The lowest BCUT2D eigenvalue weighted by Gasteiger charge is -2.18. The number of esters is 3. The SMILES string of the molecule is CCCC/C=C\CCCCCCCC(=O)OCC(COC(=O)CCCCCCCCCCCCCCCCCCCC)OC(=O)CCCCCCC/C=C\CCCC. The topological polar surface area (TPSA) is 78.9 Å². The van der Waals surface area contributed by atoms with Crippen LogP contribution in [0.5, 0.6) is 0 Å². The minimum atomic E-state index is -0.773. The van der Waals surface area contributed by atoms with Crippen LogP contribution >= 0.6 is 0 Å². The molecule has 0 aliphatic heterocycles. The molecular weight excluding hydrogens is 721 g/mol. The van der Waals surface area contributed by atoms with Gasteiger partial charge in [0.1, 0.15) is 13.2 Å². The van der Waals surface area contributed by atoms with Gasteiger partial charge in [-0.25, -0.2) is 0 Å². The Morgan fingerprint density at radius 1 is 0.328 bits per heavy atom. The Kier molecular flexibility index (Phi) is 45.8. The molecule has 0 heterocycles. The third-order valence-electron chi connectivity index (χ3n) is 11.2. The van der Waals surface area contributed by atoms with Gasteiger partial charge in [-0.3, -0.25) is 14.4 Å². The van der Waals surface area contributed by atoms with Crippen LogP contribution in [0.3, 0.4) is 0 Å². The molecule has 1 unspecified atom stereocenters. The second kappa shape index (κ2) is 47.6. The average Bonchev–Trinajstić information content (AvgIpc) is 3.22. The first-order valence-electron chi connectivity index (χ1n) is 25.3. The zero-order valence-electron chi connectivity index (χ0n) is 38.8. The van der Waals surface area contributed by atoms with Crippen LogP contribution in [0.4, 0.5) is 0 Å². The Bertz CT molecular complexity index is 942. The Morgan fingerprint density at radius 3 is 0.914 bits per heavy atom. The molecular formula is C52H96O6. The van der Waals surface area contributed by atoms with Crippen molar-refractivity contribution in [3.8, 4) is 0 Å². The fraction of sp³-hybridized carbons (Fsp3) is 0.865. The predicted molar refractivity (Wildman–Crippen MR) is 247 cm³/mol. The van der Waals surface area contributed by atoms with E-state index in [1.807, 2.05) is 0 Å². The molecule has 0 aromatic carbocycles. The van der Waals surface area contributed by atoms with Crippen LogP contribution in [0.2, 0.25) is 0 Å². The van der Waals surface area contributed by atoms with Gasteiger partial charge >= 0.3 is 17.9 Å². The third kappa shape index (κ3) is 45.0. The maximum absolute atomic E-state index is 12.7. The fourth-order valence-electron chi connectivity index (χ4n) is 7.29. The summed E-state index contributed by atoms with van der Waals surface area (Å²) < 4.78 is 16.7. The monoisotopic (exact) mass is 817 g/mol. The first-order valence-corrected chi connectivity index (χ1v) is 25.3. The molecule has 0 aromatic heterocycles. The van der Waals surface area contributed by atoms with Gasteiger partial charge in [0.15, 0.2) is 6.10 Å². The van der Waals surface area contributed by atoms with E-state index in [1.165, 1.54) is 154 Å². The minimum Gasteiger partial charge on any atom is -0.462 e. The maximum atomic E-state index is 12.7. The summed E-state index contributed by atoms with van der Waals surface area (Å²) in [7, 11) is 0. The van der Waals surface area contributed by atoms with Gasteiger partial charge in [0.2, 0.25) is 0 Å². The van der Waals surface area contributed by atoms with E-state index in [2.05, 4.69) is 45.1 Å². The van der Waals surface area contributed by atoms with Crippen molar-refractivity contribution >= 4 is 17.9 Å². The van der Waals surface area contributed by atoms with Crippen LogP contribution in [-0.4, -0.2) is 37.2 Å². The van der Waals surface area contributed by atoms with Crippen molar-refractivity contribution in [3.05, 3.63) is 24.3 Å². The van der Waals surface area contributed by atoms with E-state index in [0.717, 1.165) is 77.0 Å². The summed E-state index contributed by atoms with van der Waals surface area (Å²) in [4.78, 5) is 37.8. The Balaban J connectivity index is 4.27. The summed E-state index contributed by atoms with van der Waals surface area (Å²) in [5, 5.41) is 0. The second-order valence-electron chi connectivity index (χ2n) is 17.1. The fourth-order valence-corrected chi connectivity index (χ4v) is 7.29. The lowest BCUT2D eigenvalue weighted by molar-refractivity contribution is -0.167. The number of allylic oxidation sites excluding steroid dienone is 4. The number of hydrogen-bond acceptors (Lipinski definition) is 6. The van der Waals surface area contributed by atoms with E-state index in [0.29, 0.717) is 19.3 Å². The van der Waals surface area contributed by atoms with Gasteiger partial charge in [-0.1, -0.05) is 218 Å². The molecule has 0 aromatic rings. The first-order chi connectivity index (χ1) is 28.5. The molecule has 6 nitrogen and oxygen atoms in total. The number of rotatable bonds is 46. The summed E-state index contributed by atoms with van der Waals surface area (Å²) in [5.41, 5.74) is 0. The predicted octanol–water partition coefficient (Wildman–Crippen LogP) is 16.4. The van der Waals surface area contributed by atoms with Crippen LogP contribution in [-0.2, 0) is 28.6 Å². The molecule has 340 valence electrons. The highest BCUT2D eigenvalue weighted by molar-refractivity contribution is 5.71. The van der Waals surface area contributed by atoms with Gasteiger partial charge in [0, 0.05) is 19.3 Å². The summed E-state index contributed by atoms with van der Waals surface area (Å²) in [5.74, 6) is -0.884. The van der Waals surface area contributed by atoms with E-state index < -0.39 is 6.10 Å². The largest absolute Gasteiger partial charge is 0.462 e. The number of carbonyl (C=O) groups excluding carboxylic acids is 3. The lowest BCUT2D eigenvalue weighted by Crippen LogP contribution is -2.30. The van der Waals surface area contributed by atoms with Gasteiger partial charge < -0.3 is 14.2 Å². The normalized spacial score (nSPS) is 12.1. The van der Waals surface area contributed by atoms with Crippen molar-refractivity contribution in [3.63, 3.8) is 0 Å². The molecule has 0 N–H and O–H groups in total. The van der Waals surface area contributed by atoms with Gasteiger partial charge in [0.25, 0.3) is 0 Å². The van der Waals surface area contributed by atoms with Crippen molar-refractivity contribution in [1.29, 1.82) is 0 Å². The molecule has 0 aliphatic carbocycles. The Labute approximate surface area is 360 Å². The van der Waals surface area contributed by atoms with E-state index >= 15 is 0 Å². The van der Waals surface area contributed by atoms with E-state index in [9.17, 15) is 14.4 Å². The summed E-state index contributed by atoms with van der Waals surface area (Å²) in [6.07, 6.45) is 53.1.